The highest BCUT2D eigenvalue weighted by atomic mass is 19.2. The van der Waals surface area contributed by atoms with Crippen molar-refractivity contribution in [3.63, 3.8) is 0 Å². The number of benzene rings is 2. The molecule has 0 heterocycles. The van der Waals surface area contributed by atoms with Crippen molar-refractivity contribution in [3.8, 4) is 0 Å². The SMILES string of the molecule is NCc1cccc(NC(=O)c2ccc(F)c(F)c2F)c1. The molecule has 2 rings (SSSR count). The first-order valence-electron chi connectivity index (χ1n) is 5.76. The molecule has 0 aliphatic heterocycles. The van der Waals surface area contributed by atoms with E-state index >= 15 is 0 Å². The Morgan fingerprint density at radius 1 is 1.10 bits per heavy atom. The summed E-state index contributed by atoms with van der Waals surface area (Å²) in [5.41, 5.74) is 6.05. The lowest BCUT2D eigenvalue weighted by Gasteiger charge is -2.08. The van der Waals surface area contributed by atoms with Crippen molar-refractivity contribution < 1.29 is 18.0 Å². The normalized spacial score (nSPS) is 10.4. The first-order chi connectivity index (χ1) is 9.52. The molecule has 0 aromatic heterocycles. The van der Waals surface area contributed by atoms with E-state index in [1.165, 1.54) is 0 Å². The second kappa shape index (κ2) is 5.75. The van der Waals surface area contributed by atoms with Crippen LogP contribution in [0.1, 0.15) is 15.9 Å². The van der Waals surface area contributed by atoms with Crippen molar-refractivity contribution in [2.24, 2.45) is 5.73 Å². The lowest BCUT2D eigenvalue weighted by molar-refractivity contribution is 0.102. The molecule has 2 aromatic carbocycles. The fourth-order valence-electron chi connectivity index (χ4n) is 1.68. The highest BCUT2D eigenvalue weighted by molar-refractivity contribution is 6.04. The Morgan fingerprint density at radius 3 is 2.55 bits per heavy atom. The van der Waals surface area contributed by atoms with E-state index in [-0.39, 0.29) is 6.54 Å². The maximum Gasteiger partial charge on any atom is 0.258 e. The number of anilines is 1. The van der Waals surface area contributed by atoms with E-state index in [2.05, 4.69) is 5.32 Å². The van der Waals surface area contributed by atoms with Crippen molar-refractivity contribution >= 4 is 11.6 Å². The van der Waals surface area contributed by atoms with Gasteiger partial charge in [0.05, 0.1) is 5.56 Å². The number of nitrogens with one attached hydrogen (secondary N) is 1. The van der Waals surface area contributed by atoms with Crippen LogP contribution in [-0.4, -0.2) is 5.91 Å². The van der Waals surface area contributed by atoms with Gasteiger partial charge in [-0.1, -0.05) is 12.1 Å². The molecule has 1 amide bonds. The van der Waals surface area contributed by atoms with Crippen LogP contribution in [0.4, 0.5) is 18.9 Å². The van der Waals surface area contributed by atoms with Crippen LogP contribution in [0.25, 0.3) is 0 Å². The number of amides is 1. The highest BCUT2D eigenvalue weighted by Gasteiger charge is 2.18. The van der Waals surface area contributed by atoms with E-state index < -0.39 is 28.9 Å². The Hall–Kier alpha value is -2.34. The minimum absolute atomic E-state index is 0.281. The molecule has 0 aliphatic carbocycles. The lowest BCUT2D eigenvalue weighted by Crippen LogP contribution is -2.15. The van der Waals surface area contributed by atoms with Crippen LogP contribution in [0, 0.1) is 17.5 Å². The topological polar surface area (TPSA) is 55.1 Å². The van der Waals surface area contributed by atoms with Gasteiger partial charge in [0.2, 0.25) is 0 Å². The molecule has 20 heavy (non-hydrogen) atoms. The Morgan fingerprint density at radius 2 is 1.85 bits per heavy atom. The summed E-state index contributed by atoms with van der Waals surface area (Å²) in [5.74, 6) is -5.40. The zero-order chi connectivity index (χ0) is 14.7. The molecule has 0 saturated heterocycles. The maximum atomic E-state index is 13.5. The maximum absolute atomic E-state index is 13.5. The number of hydrogen-bond donors (Lipinski definition) is 2. The summed E-state index contributed by atoms with van der Waals surface area (Å²) >= 11 is 0. The van der Waals surface area contributed by atoms with Gasteiger partial charge in [-0.2, -0.15) is 0 Å². The van der Waals surface area contributed by atoms with Crippen LogP contribution in [0.3, 0.4) is 0 Å². The van der Waals surface area contributed by atoms with Gasteiger partial charge >= 0.3 is 0 Å². The van der Waals surface area contributed by atoms with Crippen molar-refractivity contribution in [2.45, 2.75) is 6.54 Å². The molecule has 0 fully saturated rings. The van der Waals surface area contributed by atoms with Crippen LogP contribution >= 0.6 is 0 Å². The van der Waals surface area contributed by atoms with Crippen LogP contribution in [0.15, 0.2) is 36.4 Å². The van der Waals surface area contributed by atoms with Gasteiger partial charge in [0.25, 0.3) is 5.91 Å². The third-order valence-electron chi connectivity index (χ3n) is 2.70. The first kappa shape index (κ1) is 14.1. The zero-order valence-corrected chi connectivity index (χ0v) is 10.3. The molecule has 3 N–H and O–H groups in total. The largest absolute Gasteiger partial charge is 0.326 e. The smallest absolute Gasteiger partial charge is 0.258 e. The second-order valence-electron chi connectivity index (χ2n) is 4.08. The first-order valence-corrected chi connectivity index (χ1v) is 5.76. The monoisotopic (exact) mass is 280 g/mol. The predicted molar refractivity (Wildman–Crippen MR) is 68.6 cm³/mol. The summed E-state index contributed by atoms with van der Waals surface area (Å²) in [6.07, 6.45) is 0. The van der Waals surface area contributed by atoms with E-state index in [0.29, 0.717) is 11.8 Å². The van der Waals surface area contributed by atoms with Crippen LogP contribution < -0.4 is 11.1 Å². The minimum atomic E-state index is -1.67. The van der Waals surface area contributed by atoms with Gasteiger partial charge in [0.1, 0.15) is 0 Å². The number of halogens is 3. The number of nitrogens with two attached hydrogens (primary N) is 1. The molecule has 3 nitrogen and oxygen atoms in total. The summed E-state index contributed by atoms with van der Waals surface area (Å²) in [4.78, 5) is 11.8. The summed E-state index contributed by atoms with van der Waals surface area (Å²) in [6, 6.07) is 8.19. The molecule has 0 spiro atoms. The zero-order valence-electron chi connectivity index (χ0n) is 10.3. The molecule has 104 valence electrons. The van der Waals surface area contributed by atoms with Gasteiger partial charge in [0, 0.05) is 12.2 Å². The van der Waals surface area contributed by atoms with Gasteiger partial charge in [-0.3, -0.25) is 4.79 Å². The van der Waals surface area contributed by atoms with Gasteiger partial charge in [-0.15, -0.1) is 0 Å². The Kier molecular flexibility index (Phi) is 4.05. The molecule has 2 aromatic rings. The van der Waals surface area contributed by atoms with Crippen LogP contribution in [0.5, 0.6) is 0 Å². The van der Waals surface area contributed by atoms with Gasteiger partial charge in [0.15, 0.2) is 17.5 Å². The third kappa shape index (κ3) is 2.80. The molecule has 0 atom stereocenters. The van der Waals surface area contributed by atoms with Crippen molar-refractivity contribution in [1.29, 1.82) is 0 Å². The number of carbonyl (C=O) groups excluding carboxylic acids is 1. The van der Waals surface area contributed by atoms with Crippen molar-refractivity contribution in [1.82, 2.24) is 0 Å². The van der Waals surface area contributed by atoms with Crippen molar-refractivity contribution in [2.75, 3.05) is 5.32 Å². The van der Waals surface area contributed by atoms with Gasteiger partial charge in [-0.25, -0.2) is 13.2 Å². The molecule has 6 heteroatoms. The predicted octanol–water partition coefficient (Wildman–Crippen LogP) is 2.81. The average molecular weight is 280 g/mol. The lowest BCUT2D eigenvalue weighted by atomic mass is 10.1. The van der Waals surface area contributed by atoms with Gasteiger partial charge < -0.3 is 11.1 Å². The van der Waals surface area contributed by atoms with E-state index in [1.807, 2.05) is 0 Å². The number of carbonyl (C=O) groups is 1. The van der Waals surface area contributed by atoms with E-state index in [1.54, 1.807) is 24.3 Å². The Labute approximate surface area is 113 Å². The van der Waals surface area contributed by atoms with Gasteiger partial charge in [-0.05, 0) is 29.8 Å². The summed E-state index contributed by atoms with van der Waals surface area (Å²) in [5, 5.41) is 2.40. The van der Waals surface area contributed by atoms with Crippen molar-refractivity contribution in [3.05, 3.63) is 65.0 Å². The Balaban J connectivity index is 2.26. The minimum Gasteiger partial charge on any atom is -0.326 e. The number of rotatable bonds is 3. The van der Waals surface area contributed by atoms with E-state index in [0.717, 1.165) is 11.6 Å². The summed E-state index contributed by atoms with van der Waals surface area (Å²) in [6.45, 7) is 0.281. The molecule has 0 radical (unpaired) electrons. The summed E-state index contributed by atoms with van der Waals surface area (Å²) < 4.78 is 39.3. The summed E-state index contributed by atoms with van der Waals surface area (Å²) in [7, 11) is 0. The standard InChI is InChI=1S/C14H11F3N2O/c15-11-5-4-10(12(16)13(11)17)14(20)19-9-3-1-2-8(6-9)7-18/h1-6H,7,18H2,(H,19,20). The molecular formula is C14H11F3N2O. The Bertz CT molecular complexity index is 659. The van der Waals surface area contributed by atoms with Crippen LogP contribution in [0.2, 0.25) is 0 Å². The molecular weight excluding hydrogens is 269 g/mol. The third-order valence-corrected chi connectivity index (χ3v) is 2.70. The highest BCUT2D eigenvalue weighted by Crippen LogP contribution is 2.17. The molecule has 0 unspecified atom stereocenters. The second-order valence-corrected chi connectivity index (χ2v) is 4.08. The number of hydrogen-bond acceptors (Lipinski definition) is 2. The van der Waals surface area contributed by atoms with Crippen LogP contribution in [-0.2, 0) is 6.54 Å². The molecule has 0 aliphatic rings. The molecule has 0 bridgehead atoms. The van der Waals surface area contributed by atoms with E-state index in [4.69, 9.17) is 5.73 Å². The average Bonchev–Trinajstić information content (AvgIpc) is 2.45. The molecule has 0 saturated carbocycles. The fraction of sp³-hybridized carbons (Fsp3) is 0.0714. The van der Waals surface area contributed by atoms with E-state index in [9.17, 15) is 18.0 Å². The quantitative estimate of drug-likeness (QED) is 0.849. The fourth-order valence-corrected chi connectivity index (χ4v) is 1.68.